The first-order chi connectivity index (χ1) is 9.74. The van der Waals surface area contributed by atoms with Crippen LogP contribution in [0, 0.1) is 11.8 Å². The maximum Gasteiger partial charge on any atom is 0.143 e. The van der Waals surface area contributed by atoms with Gasteiger partial charge in [0.25, 0.3) is 0 Å². The van der Waals surface area contributed by atoms with Crippen molar-refractivity contribution in [3.05, 3.63) is 30.6 Å². The van der Waals surface area contributed by atoms with Crippen LogP contribution in [0.15, 0.2) is 30.6 Å². The van der Waals surface area contributed by atoms with E-state index in [0.29, 0.717) is 6.04 Å². The summed E-state index contributed by atoms with van der Waals surface area (Å²) in [4.78, 5) is 0. The Balaban J connectivity index is 1.69. The Morgan fingerprint density at radius 1 is 1.15 bits per heavy atom. The highest BCUT2D eigenvalue weighted by Crippen LogP contribution is 2.31. The summed E-state index contributed by atoms with van der Waals surface area (Å²) in [5.41, 5.74) is 2.15. The van der Waals surface area contributed by atoms with E-state index in [9.17, 15) is 0 Å². The molecule has 2 aromatic rings. The van der Waals surface area contributed by atoms with Crippen LogP contribution in [0.1, 0.15) is 33.1 Å². The minimum absolute atomic E-state index is 0.581. The molecule has 3 atom stereocenters. The molecule has 3 rings (SSSR count). The Labute approximate surface area is 119 Å². The molecule has 20 heavy (non-hydrogen) atoms. The van der Waals surface area contributed by atoms with E-state index in [2.05, 4.69) is 46.8 Å². The van der Waals surface area contributed by atoms with Crippen LogP contribution >= 0.6 is 0 Å². The molecule has 1 heterocycles. The first-order valence-corrected chi connectivity index (χ1v) is 7.34. The second kappa shape index (κ2) is 5.61. The lowest BCUT2D eigenvalue weighted by Crippen LogP contribution is -2.34. The zero-order chi connectivity index (χ0) is 13.9. The summed E-state index contributed by atoms with van der Waals surface area (Å²) in [6.07, 6.45) is 5.55. The topological polar surface area (TPSA) is 55.6 Å². The van der Waals surface area contributed by atoms with Crippen LogP contribution in [0.5, 0.6) is 0 Å². The minimum atomic E-state index is 0.581. The van der Waals surface area contributed by atoms with Gasteiger partial charge in [-0.15, -0.1) is 5.10 Å². The number of anilines is 1. The van der Waals surface area contributed by atoms with Crippen molar-refractivity contribution < 1.29 is 0 Å². The smallest absolute Gasteiger partial charge is 0.143 e. The van der Waals surface area contributed by atoms with E-state index in [1.165, 1.54) is 24.9 Å². The van der Waals surface area contributed by atoms with Gasteiger partial charge in [0.2, 0.25) is 0 Å². The van der Waals surface area contributed by atoms with Gasteiger partial charge < -0.3 is 5.32 Å². The van der Waals surface area contributed by atoms with E-state index in [1.54, 1.807) is 11.0 Å². The Hall–Kier alpha value is -1.91. The Morgan fingerprint density at radius 2 is 1.95 bits per heavy atom. The van der Waals surface area contributed by atoms with Gasteiger partial charge >= 0.3 is 0 Å². The monoisotopic (exact) mass is 271 g/mol. The predicted molar refractivity (Wildman–Crippen MR) is 78.7 cm³/mol. The molecule has 1 fully saturated rings. The van der Waals surface area contributed by atoms with Crippen molar-refractivity contribution in [1.29, 1.82) is 0 Å². The molecule has 0 saturated heterocycles. The van der Waals surface area contributed by atoms with E-state index >= 15 is 0 Å². The molecule has 0 aliphatic heterocycles. The summed E-state index contributed by atoms with van der Waals surface area (Å²) in [6.45, 7) is 4.72. The van der Waals surface area contributed by atoms with Gasteiger partial charge in [-0.2, -0.15) is 0 Å². The molecule has 3 unspecified atom stereocenters. The van der Waals surface area contributed by atoms with Gasteiger partial charge in [0.1, 0.15) is 6.33 Å². The first-order valence-electron chi connectivity index (χ1n) is 7.34. The molecule has 1 aromatic carbocycles. The van der Waals surface area contributed by atoms with Crippen molar-refractivity contribution >= 4 is 5.69 Å². The molecule has 5 nitrogen and oxygen atoms in total. The maximum absolute atomic E-state index is 3.89. The highest BCUT2D eigenvalue weighted by atomic mass is 15.5. The zero-order valence-electron chi connectivity index (χ0n) is 12.0. The lowest BCUT2D eigenvalue weighted by atomic mass is 9.78. The van der Waals surface area contributed by atoms with Gasteiger partial charge in [0, 0.05) is 11.7 Å². The van der Waals surface area contributed by atoms with Gasteiger partial charge in [0.05, 0.1) is 5.69 Å². The molecule has 1 saturated carbocycles. The zero-order valence-corrected chi connectivity index (χ0v) is 12.0. The van der Waals surface area contributed by atoms with E-state index in [0.717, 1.165) is 17.5 Å². The van der Waals surface area contributed by atoms with Crippen molar-refractivity contribution in [1.82, 2.24) is 20.2 Å². The highest BCUT2D eigenvalue weighted by Gasteiger charge is 2.26. The number of hydrogen-bond donors (Lipinski definition) is 1. The van der Waals surface area contributed by atoms with Crippen LogP contribution in [0.2, 0.25) is 0 Å². The molecule has 1 aliphatic rings. The third-order valence-corrected chi connectivity index (χ3v) is 4.54. The normalized spacial score (nSPS) is 26.4. The summed E-state index contributed by atoms with van der Waals surface area (Å²) < 4.78 is 1.66. The Morgan fingerprint density at radius 3 is 2.65 bits per heavy atom. The lowest BCUT2D eigenvalue weighted by molar-refractivity contribution is 0.253. The van der Waals surface area contributed by atoms with Gasteiger partial charge in [-0.1, -0.05) is 26.7 Å². The largest absolute Gasteiger partial charge is 0.382 e. The van der Waals surface area contributed by atoms with Crippen molar-refractivity contribution in [2.45, 2.75) is 39.2 Å². The Kier molecular flexibility index (Phi) is 3.67. The maximum atomic E-state index is 3.89. The summed E-state index contributed by atoms with van der Waals surface area (Å²) in [5.74, 6) is 1.53. The van der Waals surface area contributed by atoms with Crippen LogP contribution in [0.3, 0.4) is 0 Å². The molecular weight excluding hydrogens is 250 g/mol. The van der Waals surface area contributed by atoms with Crippen LogP contribution in [-0.2, 0) is 0 Å². The van der Waals surface area contributed by atoms with Gasteiger partial charge in [-0.3, -0.25) is 0 Å². The second-order valence-corrected chi connectivity index (χ2v) is 5.82. The number of benzene rings is 1. The summed E-state index contributed by atoms with van der Waals surface area (Å²) in [7, 11) is 0. The average molecular weight is 271 g/mol. The Bertz CT molecular complexity index is 534. The molecule has 0 spiro atoms. The third kappa shape index (κ3) is 2.66. The fourth-order valence-electron chi connectivity index (χ4n) is 2.99. The number of nitrogens with zero attached hydrogens (tertiary/aromatic N) is 4. The molecule has 1 aliphatic carbocycles. The average Bonchev–Trinajstić information content (AvgIpc) is 2.99. The fraction of sp³-hybridized carbons (Fsp3) is 0.533. The second-order valence-electron chi connectivity index (χ2n) is 5.82. The van der Waals surface area contributed by atoms with Crippen molar-refractivity contribution in [3.63, 3.8) is 0 Å². The molecule has 0 bridgehead atoms. The van der Waals surface area contributed by atoms with Crippen molar-refractivity contribution in [3.8, 4) is 5.69 Å². The third-order valence-electron chi connectivity index (χ3n) is 4.54. The quantitative estimate of drug-likeness (QED) is 0.932. The first kappa shape index (κ1) is 13.1. The number of nitrogens with one attached hydrogen (secondary N) is 1. The number of aromatic nitrogens is 4. The molecule has 5 heteroatoms. The van der Waals surface area contributed by atoms with Gasteiger partial charge in [-0.25, -0.2) is 4.68 Å². The van der Waals surface area contributed by atoms with E-state index in [4.69, 9.17) is 0 Å². The van der Waals surface area contributed by atoms with Crippen LogP contribution in [0.4, 0.5) is 5.69 Å². The van der Waals surface area contributed by atoms with Gasteiger partial charge in [-0.05, 0) is 52.9 Å². The van der Waals surface area contributed by atoms with Crippen LogP contribution in [-0.4, -0.2) is 26.2 Å². The molecule has 106 valence electrons. The number of tetrazole rings is 1. The molecular formula is C15H21N5. The summed E-state index contributed by atoms with van der Waals surface area (Å²) in [5, 5.41) is 14.9. The molecule has 0 amide bonds. The summed E-state index contributed by atoms with van der Waals surface area (Å²) >= 11 is 0. The summed E-state index contributed by atoms with van der Waals surface area (Å²) in [6, 6.07) is 8.86. The SMILES string of the molecule is CC1CCCC(Nc2ccc(-n3cnnn3)cc2)C1C. The highest BCUT2D eigenvalue weighted by molar-refractivity contribution is 5.49. The standard InChI is InChI=1S/C15H21N5/c1-11-4-3-5-15(12(11)2)17-13-6-8-14(9-7-13)20-10-16-18-19-20/h6-12,15,17H,3-5H2,1-2H3. The van der Waals surface area contributed by atoms with E-state index in [1.807, 2.05) is 12.1 Å². The van der Waals surface area contributed by atoms with E-state index in [-0.39, 0.29) is 0 Å². The van der Waals surface area contributed by atoms with Crippen molar-refractivity contribution in [2.24, 2.45) is 11.8 Å². The molecule has 1 N–H and O–H groups in total. The van der Waals surface area contributed by atoms with Gasteiger partial charge in [0.15, 0.2) is 0 Å². The van der Waals surface area contributed by atoms with E-state index < -0.39 is 0 Å². The lowest BCUT2D eigenvalue weighted by Gasteiger charge is -2.35. The predicted octanol–water partition coefficient (Wildman–Crippen LogP) is 2.90. The number of hydrogen-bond acceptors (Lipinski definition) is 4. The molecule has 1 aromatic heterocycles. The van der Waals surface area contributed by atoms with Crippen LogP contribution < -0.4 is 5.32 Å². The van der Waals surface area contributed by atoms with Crippen molar-refractivity contribution in [2.75, 3.05) is 5.32 Å². The molecule has 0 radical (unpaired) electrons. The fourth-order valence-corrected chi connectivity index (χ4v) is 2.99. The number of rotatable bonds is 3. The van der Waals surface area contributed by atoms with Crippen LogP contribution in [0.25, 0.3) is 5.69 Å². The minimum Gasteiger partial charge on any atom is -0.382 e.